The van der Waals surface area contributed by atoms with Crippen LogP contribution < -0.4 is 5.73 Å². The van der Waals surface area contributed by atoms with Gasteiger partial charge < -0.3 is 5.73 Å². The first-order valence-corrected chi connectivity index (χ1v) is 7.02. The first-order chi connectivity index (χ1) is 8.63. The Bertz CT molecular complexity index is 539. The highest BCUT2D eigenvalue weighted by atomic mass is 79.9. The van der Waals surface area contributed by atoms with Crippen LogP contribution >= 0.6 is 27.5 Å². The van der Waals surface area contributed by atoms with Crippen LogP contribution in [0, 0.1) is 0 Å². The number of hydrogen-bond acceptors (Lipinski definition) is 2. The Labute approximate surface area is 120 Å². The average molecular weight is 329 g/mol. The van der Waals surface area contributed by atoms with Gasteiger partial charge in [0.25, 0.3) is 0 Å². The Morgan fingerprint density at radius 1 is 1.44 bits per heavy atom. The Morgan fingerprint density at radius 2 is 2.22 bits per heavy atom. The van der Waals surface area contributed by atoms with Crippen molar-refractivity contribution in [1.29, 1.82) is 0 Å². The number of aryl methyl sites for hydroxylation is 1. The molecule has 0 aliphatic carbocycles. The van der Waals surface area contributed by atoms with Gasteiger partial charge in [0.15, 0.2) is 0 Å². The first kappa shape index (κ1) is 13.6. The van der Waals surface area contributed by atoms with Crippen LogP contribution in [0.2, 0.25) is 5.02 Å². The average Bonchev–Trinajstić information content (AvgIpc) is 2.80. The van der Waals surface area contributed by atoms with Crippen LogP contribution in [0.15, 0.2) is 34.9 Å². The van der Waals surface area contributed by atoms with E-state index in [4.69, 9.17) is 17.3 Å². The molecule has 0 aliphatic heterocycles. The number of hydrogen-bond donors (Lipinski definition) is 1. The zero-order valence-corrected chi connectivity index (χ0v) is 12.4. The predicted octanol–water partition coefficient (Wildman–Crippen LogP) is 3.76. The van der Waals surface area contributed by atoms with Crippen molar-refractivity contribution in [2.75, 3.05) is 0 Å². The maximum absolute atomic E-state index is 6.29. The lowest BCUT2D eigenvalue weighted by atomic mass is 10.0. The van der Waals surface area contributed by atoms with E-state index in [0.29, 0.717) is 5.02 Å². The van der Waals surface area contributed by atoms with Crippen molar-refractivity contribution >= 4 is 27.5 Å². The highest BCUT2D eigenvalue weighted by Crippen LogP contribution is 2.27. The summed E-state index contributed by atoms with van der Waals surface area (Å²) in [4.78, 5) is 0. The van der Waals surface area contributed by atoms with E-state index in [2.05, 4.69) is 28.0 Å². The summed E-state index contributed by atoms with van der Waals surface area (Å²) in [5.41, 5.74) is 8.32. The molecule has 2 aromatic rings. The zero-order chi connectivity index (χ0) is 13.1. The molecule has 1 aromatic carbocycles. The van der Waals surface area contributed by atoms with Crippen molar-refractivity contribution < 1.29 is 0 Å². The van der Waals surface area contributed by atoms with E-state index < -0.39 is 0 Å². The third kappa shape index (κ3) is 2.76. The molecule has 5 heteroatoms. The van der Waals surface area contributed by atoms with E-state index in [1.165, 1.54) is 0 Å². The molecule has 0 amide bonds. The molecule has 1 atom stereocenters. The van der Waals surface area contributed by atoms with Gasteiger partial charge >= 0.3 is 0 Å². The standard InChI is InChI=1S/C13H15BrClN3/c1-2-7-18-12(5-6-17-18)13(16)9-3-4-11(15)10(14)8-9/h3-6,8,13H,2,7,16H2,1H3. The number of aromatic nitrogens is 2. The third-order valence-electron chi connectivity index (χ3n) is 2.81. The molecule has 0 saturated heterocycles. The summed E-state index contributed by atoms with van der Waals surface area (Å²) in [6, 6.07) is 7.52. The molecule has 1 unspecified atom stereocenters. The van der Waals surface area contributed by atoms with Crippen LogP contribution in [0.3, 0.4) is 0 Å². The maximum atomic E-state index is 6.29. The van der Waals surface area contributed by atoms with E-state index in [1.54, 1.807) is 6.20 Å². The maximum Gasteiger partial charge on any atom is 0.0723 e. The quantitative estimate of drug-likeness (QED) is 0.928. The van der Waals surface area contributed by atoms with Crippen molar-refractivity contribution in [3.8, 4) is 0 Å². The molecule has 2 rings (SSSR count). The lowest BCUT2D eigenvalue weighted by molar-refractivity contribution is 0.559. The largest absolute Gasteiger partial charge is 0.319 e. The summed E-state index contributed by atoms with van der Waals surface area (Å²) in [6.07, 6.45) is 2.82. The molecule has 2 N–H and O–H groups in total. The summed E-state index contributed by atoms with van der Waals surface area (Å²) < 4.78 is 2.81. The molecule has 0 fully saturated rings. The molecule has 1 aromatic heterocycles. The SMILES string of the molecule is CCCn1nccc1C(N)c1ccc(Cl)c(Br)c1. The van der Waals surface area contributed by atoms with Crippen LogP contribution in [0.5, 0.6) is 0 Å². The molecule has 3 nitrogen and oxygen atoms in total. The Balaban J connectivity index is 2.32. The molecule has 96 valence electrons. The number of halogens is 2. The van der Waals surface area contributed by atoms with Crippen molar-refractivity contribution in [2.45, 2.75) is 25.9 Å². The van der Waals surface area contributed by atoms with Gasteiger partial charge in [0, 0.05) is 17.2 Å². The van der Waals surface area contributed by atoms with Gasteiger partial charge in [-0.05, 0) is 46.1 Å². The highest BCUT2D eigenvalue weighted by Gasteiger charge is 2.14. The molecule has 1 heterocycles. The van der Waals surface area contributed by atoms with Crippen LogP contribution in [-0.4, -0.2) is 9.78 Å². The van der Waals surface area contributed by atoms with Crippen molar-refractivity contribution in [1.82, 2.24) is 9.78 Å². The molecule has 18 heavy (non-hydrogen) atoms. The molecule has 0 spiro atoms. The fourth-order valence-corrected chi connectivity index (χ4v) is 2.40. The van der Waals surface area contributed by atoms with Crippen LogP contribution in [0.1, 0.15) is 30.6 Å². The fraction of sp³-hybridized carbons (Fsp3) is 0.308. The molecule has 0 radical (unpaired) electrons. The number of benzene rings is 1. The Morgan fingerprint density at radius 3 is 2.89 bits per heavy atom. The first-order valence-electron chi connectivity index (χ1n) is 5.85. The summed E-state index contributed by atoms with van der Waals surface area (Å²) >= 11 is 9.40. The highest BCUT2D eigenvalue weighted by molar-refractivity contribution is 9.10. The predicted molar refractivity (Wildman–Crippen MR) is 77.7 cm³/mol. The molecular formula is C13H15BrClN3. The van der Waals surface area contributed by atoms with E-state index in [1.807, 2.05) is 28.9 Å². The van der Waals surface area contributed by atoms with Gasteiger partial charge in [0.1, 0.15) is 0 Å². The fourth-order valence-electron chi connectivity index (χ4n) is 1.88. The van der Waals surface area contributed by atoms with E-state index in [-0.39, 0.29) is 6.04 Å². The van der Waals surface area contributed by atoms with Gasteiger partial charge in [0.05, 0.1) is 16.8 Å². The van der Waals surface area contributed by atoms with Gasteiger partial charge in [0.2, 0.25) is 0 Å². The van der Waals surface area contributed by atoms with E-state index >= 15 is 0 Å². The molecule has 0 bridgehead atoms. The molecule has 0 saturated carbocycles. The normalized spacial score (nSPS) is 12.7. The van der Waals surface area contributed by atoms with Gasteiger partial charge in [-0.15, -0.1) is 0 Å². The monoisotopic (exact) mass is 327 g/mol. The molecular weight excluding hydrogens is 314 g/mol. The Kier molecular flexibility index (Phi) is 4.43. The van der Waals surface area contributed by atoms with Crippen LogP contribution in [-0.2, 0) is 6.54 Å². The lowest BCUT2D eigenvalue weighted by Gasteiger charge is -2.15. The summed E-state index contributed by atoms with van der Waals surface area (Å²) in [5.74, 6) is 0. The number of rotatable bonds is 4. The topological polar surface area (TPSA) is 43.8 Å². The van der Waals surface area contributed by atoms with Gasteiger partial charge in [-0.3, -0.25) is 4.68 Å². The lowest BCUT2D eigenvalue weighted by Crippen LogP contribution is -2.17. The van der Waals surface area contributed by atoms with Crippen molar-refractivity contribution in [3.05, 3.63) is 51.2 Å². The van der Waals surface area contributed by atoms with Crippen molar-refractivity contribution in [2.24, 2.45) is 5.73 Å². The van der Waals surface area contributed by atoms with Crippen LogP contribution in [0.4, 0.5) is 0 Å². The minimum Gasteiger partial charge on any atom is -0.319 e. The smallest absolute Gasteiger partial charge is 0.0723 e. The number of nitrogens with two attached hydrogens (primary N) is 1. The van der Waals surface area contributed by atoms with E-state index in [0.717, 1.165) is 28.7 Å². The Hall–Kier alpha value is -0.840. The van der Waals surface area contributed by atoms with Crippen molar-refractivity contribution in [3.63, 3.8) is 0 Å². The summed E-state index contributed by atoms with van der Waals surface area (Å²) in [7, 11) is 0. The van der Waals surface area contributed by atoms with Gasteiger partial charge in [-0.2, -0.15) is 5.10 Å². The summed E-state index contributed by atoms with van der Waals surface area (Å²) in [5, 5.41) is 4.98. The van der Waals surface area contributed by atoms with Gasteiger partial charge in [-0.1, -0.05) is 24.6 Å². The van der Waals surface area contributed by atoms with Crippen LogP contribution in [0.25, 0.3) is 0 Å². The van der Waals surface area contributed by atoms with E-state index in [9.17, 15) is 0 Å². The zero-order valence-electron chi connectivity index (χ0n) is 10.1. The summed E-state index contributed by atoms with van der Waals surface area (Å²) in [6.45, 7) is 3.00. The van der Waals surface area contributed by atoms with Gasteiger partial charge in [-0.25, -0.2) is 0 Å². The second-order valence-corrected chi connectivity index (χ2v) is 5.39. The minimum absolute atomic E-state index is 0.187. The minimum atomic E-state index is -0.187. The molecule has 0 aliphatic rings. The number of nitrogens with zero attached hydrogens (tertiary/aromatic N) is 2. The second-order valence-electron chi connectivity index (χ2n) is 4.13. The third-order valence-corrected chi connectivity index (χ3v) is 4.02. The second kappa shape index (κ2) is 5.87.